The number of nitrogens with one attached hydrogen (secondary N) is 2. The number of hydrogen-bond acceptors (Lipinski definition) is 3. The molecule has 0 unspecified atom stereocenters. The average molecular weight is 410 g/mol. The number of unbranched alkanes of at least 4 members (excludes halogenated alkanes) is 1. The van der Waals surface area contributed by atoms with Crippen molar-refractivity contribution in [2.24, 2.45) is 4.99 Å². The van der Waals surface area contributed by atoms with E-state index in [-0.39, 0.29) is 35.8 Å². The third-order valence-corrected chi connectivity index (χ3v) is 3.14. The van der Waals surface area contributed by atoms with E-state index in [1.807, 2.05) is 6.92 Å². The van der Waals surface area contributed by atoms with Crippen LogP contribution in [-0.2, 0) is 9.59 Å². The van der Waals surface area contributed by atoms with E-state index in [0.717, 1.165) is 31.9 Å². The molecule has 6 nitrogen and oxygen atoms in total. The maximum atomic E-state index is 11.6. The first-order valence-electron chi connectivity index (χ1n) is 7.54. The molecule has 0 atom stereocenters. The van der Waals surface area contributed by atoms with E-state index in [1.165, 1.54) is 4.90 Å². The molecule has 1 saturated heterocycles. The molecule has 2 amide bonds. The standard InChI is InChI=1S/C14H26N4O2.HI/c1-3-5-9-16-14(15-4-2)17-10-11-18-12(19)7-6-8-13(18)20;/h3-11H2,1-2H3,(H2,15,16,17);1H. The fourth-order valence-corrected chi connectivity index (χ4v) is 2.03. The molecule has 0 radical (unpaired) electrons. The molecule has 0 aliphatic carbocycles. The largest absolute Gasteiger partial charge is 0.357 e. The van der Waals surface area contributed by atoms with Gasteiger partial charge in [0.05, 0.1) is 0 Å². The second-order valence-electron chi connectivity index (χ2n) is 4.83. The number of hydrogen-bond donors (Lipinski definition) is 2. The molecule has 21 heavy (non-hydrogen) atoms. The maximum Gasteiger partial charge on any atom is 0.229 e. The van der Waals surface area contributed by atoms with Crippen LogP contribution in [0.25, 0.3) is 0 Å². The molecule has 0 aromatic rings. The summed E-state index contributed by atoms with van der Waals surface area (Å²) in [6.45, 7) is 6.66. The molecule has 1 aliphatic heterocycles. The molecule has 0 aromatic carbocycles. The van der Waals surface area contributed by atoms with Crippen molar-refractivity contribution in [2.45, 2.75) is 46.0 Å². The van der Waals surface area contributed by atoms with Crippen molar-refractivity contribution in [3.8, 4) is 0 Å². The van der Waals surface area contributed by atoms with Gasteiger partial charge in [-0.2, -0.15) is 0 Å². The lowest BCUT2D eigenvalue weighted by Gasteiger charge is -2.25. The Morgan fingerprint density at radius 1 is 1.19 bits per heavy atom. The van der Waals surface area contributed by atoms with Crippen molar-refractivity contribution in [3.05, 3.63) is 0 Å². The fourth-order valence-electron chi connectivity index (χ4n) is 2.03. The molecule has 0 saturated carbocycles. The van der Waals surface area contributed by atoms with Gasteiger partial charge in [0.2, 0.25) is 11.8 Å². The average Bonchev–Trinajstić information content (AvgIpc) is 2.42. The molecular weight excluding hydrogens is 383 g/mol. The van der Waals surface area contributed by atoms with Crippen LogP contribution in [-0.4, -0.2) is 48.9 Å². The van der Waals surface area contributed by atoms with Gasteiger partial charge in [-0.3, -0.25) is 19.5 Å². The van der Waals surface area contributed by atoms with Crippen LogP contribution in [0, 0.1) is 0 Å². The van der Waals surface area contributed by atoms with Crippen LogP contribution in [0.3, 0.4) is 0 Å². The van der Waals surface area contributed by atoms with Gasteiger partial charge in [0.1, 0.15) is 0 Å². The summed E-state index contributed by atoms with van der Waals surface area (Å²) in [6, 6.07) is 0. The number of amides is 2. The number of aliphatic imine (C=N–C) groups is 1. The molecule has 0 spiro atoms. The van der Waals surface area contributed by atoms with Crippen LogP contribution in [0.5, 0.6) is 0 Å². The van der Waals surface area contributed by atoms with Crippen LogP contribution >= 0.6 is 24.0 Å². The number of nitrogens with zero attached hydrogens (tertiary/aromatic N) is 2. The summed E-state index contributed by atoms with van der Waals surface area (Å²) in [7, 11) is 0. The topological polar surface area (TPSA) is 73.8 Å². The lowest BCUT2D eigenvalue weighted by molar-refractivity contribution is -0.147. The lowest BCUT2D eigenvalue weighted by Crippen LogP contribution is -2.46. The number of halogens is 1. The van der Waals surface area contributed by atoms with Gasteiger partial charge in [-0.05, 0) is 19.8 Å². The first kappa shape index (κ1) is 20.1. The SMILES string of the molecule is CCCCN=C(NCC)NCCN1C(=O)CCCC1=O.I. The van der Waals surface area contributed by atoms with Gasteiger partial charge in [-0.15, -0.1) is 24.0 Å². The highest BCUT2D eigenvalue weighted by Crippen LogP contribution is 2.11. The lowest BCUT2D eigenvalue weighted by atomic mass is 10.1. The third kappa shape index (κ3) is 7.63. The molecule has 0 aromatic heterocycles. The van der Waals surface area contributed by atoms with Crippen LogP contribution in [0.4, 0.5) is 0 Å². The summed E-state index contributed by atoms with van der Waals surface area (Å²) >= 11 is 0. The number of imide groups is 1. The predicted molar refractivity (Wildman–Crippen MR) is 94.9 cm³/mol. The zero-order valence-corrected chi connectivity index (χ0v) is 15.3. The van der Waals surface area contributed by atoms with Gasteiger partial charge < -0.3 is 10.6 Å². The van der Waals surface area contributed by atoms with Crippen LogP contribution in [0.1, 0.15) is 46.0 Å². The van der Waals surface area contributed by atoms with Crippen LogP contribution in [0.2, 0.25) is 0 Å². The number of carbonyl (C=O) groups is 2. The van der Waals surface area contributed by atoms with Gasteiger partial charge in [0.25, 0.3) is 0 Å². The molecule has 1 heterocycles. The van der Waals surface area contributed by atoms with Gasteiger partial charge in [0, 0.05) is 39.0 Å². The van der Waals surface area contributed by atoms with Crippen LogP contribution < -0.4 is 10.6 Å². The Morgan fingerprint density at radius 2 is 1.86 bits per heavy atom. The Balaban J connectivity index is 0.00000400. The van der Waals surface area contributed by atoms with Gasteiger partial charge >= 0.3 is 0 Å². The van der Waals surface area contributed by atoms with Crippen molar-refractivity contribution in [1.29, 1.82) is 0 Å². The Labute approximate surface area is 144 Å². The highest BCUT2D eigenvalue weighted by Gasteiger charge is 2.25. The van der Waals surface area contributed by atoms with E-state index in [9.17, 15) is 9.59 Å². The number of piperidine rings is 1. The van der Waals surface area contributed by atoms with Crippen LogP contribution in [0.15, 0.2) is 4.99 Å². The van der Waals surface area contributed by atoms with Crippen molar-refractivity contribution in [2.75, 3.05) is 26.2 Å². The van der Waals surface area contributed by atoms with Crippen molar-refractivity contribution < 1.29 is 9.59 Å². The Bertz CT molecular complexity index is 345. The number of rotatable bonds is 7. The summed E-state index contributed by atoms with van der Waals surface area (Å²) in [6.07, 6.45) is 3.81. The first-order valence-corrected chi connectivity index (χ1v) is 7.54. The molecule has 0 bridgehead atoms. The molecule has 122 valence electrons. The minimum absolute atomic E-state index is 0. The normalized spacial score (nSPS) is 15.7. The number of guanidine groups is 1. The fraction of sp³-hybridized carbons (Fsp3) is 0.786. The molecule has 1 rings (SSSR count). The second-order valence-corrected chi connectivity index (χ2v) is 4.83. The van der Waals surface area contributed by atoms with Crippen molar-refractivity contribution >= 4 is 41.8 Å². The second kappa shape index (κ2) is 11.8. The van der Waals surface area contributed by atoms with E-state index < -0.39 is 0 Å². The van der Waals surface area contributed by atoms with E-state index in [0.29, 0.717) is 32.4 Å². The minimum atomic E-state index is -0.0593. The Kier molecular flexibility index (Phi) is 11.3. The summed E-state index contributed by atoms with van der Waals surface area (Å²) in [5.74, 6) is 0.629. The van der Waals surface area contributed by atoms with E-state index in [1.54, 1.807) is 0 Å². The van der Waals surface area contributed by atoms with E-state index in [2.05, 4.69) is 22.5 Å². The Morgan fingerprint density at radius 3 is 2.43 bits per heavy atom. The summed E-state index contributed by atoms with van der Waals surface area (Å²) in [5.41, 5.74) is 0. The van der Waals surface area contributed by atoms with Gasteiger partial charge in [0.15, 0.2) is 5.96 Å². The van der Waals surface area contributed by atoms with Crippen molar-refractivity contribution in [3.63, 3.8) is 0 Å². The molecule has 2 N–H and O–H groups in total. The zero-order chi connectivity index (χ0) is 14.8. The van der Waals surface area contributed by atoms with E-state index in [4.69, 9.17) is 0 Å². The highest BCUT2D eigenvalue weighted by molar-refractivity contribution is 14.0. The smallest absolute Gasteiger partial charge is 0.229 e. The van der Waals surface area contributed by atoms with E-state index >= 15 is 0 Å². The highest BCUT2D eigenvalue weighted by atomic mass is 127. The maximum absolute atomic E-state index is 11.6. The number of likely N-dealkylation sites (tertiary alicyclic amines) is 1. The van der Waals surface area contributed by atoms with Crippen molar-refractivity contribution in [1.82, 2.24) is 15.5 Å². The first-order chi connectivity index (χ1) is 9.69. The monoisotopic (exact) mass is 410 g/mol. The summed E-state index contributed by atoms with van der Waals surface area (Å²) in [5, 5.41) is 6.31. The summed E-state index contributed by atoms with van der Waals surface area (Å²) < 4.78 is 0. The van der Waals surface area contributed by atoms with Gasteiger partial charge in [-0.25, -0.2) is 0 Å². The predicted octanol–water partition coefficient (Wildman–Crippen LogP) is 1.50. The van der Waals surface area contributed by atoms with Gasteiger partial charge in [-0.1, -0.05) is 13.3 Å². The number of carbonyl (C=O) groups excluding carboxylic acids is 2. The zero-order valence-electron chi connectivity index (χ0n) is 13.0. The summed E-state index contributed by atoms with van der Waals surface area (Å²) in [4.78, 5) is 29.1. The molecule has 7 heteroatoms. The molecule has 1 aliphatic rings. The Hall–Kier alpha value is -0.860. The minimum Gasteiger partial charge on any atom is -0.357 e. The quantitative estimate of drug-likeness (QED) is 0.219. The third-order valence-electron chi connectivity index (χ3n) is 3.14. The molecule has 1 fully saturated rings. The molecular formula is C14H27IN4O2.